The Morgan fingerprint density at radius 3 is 2.83 bits per heavy atom. The van der Waals surface area contributed by atoms with Crippen LogP contribution in [0.15, 0.2) is 35.3 Å². The van der Waals surface area contributed by atoms with Gasteiger partial charge in [-0.05, 0) is 38.8 Å². The molecular formula is C26H31F2N5O3. The van der Waals surface area contributed by atoms with E-state index in [2.05, 4.69) is 19.9 Å². The molecule has 2 N–H and O–H groups in total. The normalized spacial score (nSPS) is 23.0. The molecular weight excluding hydrogens is 468 g/mol. The highest BCUT2D eigenvalue weighted by Gasteiger charge is 2.26. The number of fused-ring (bicyclic) bond motifs is 1. The molecule has 1 aromatic carbocycles. The predicted octanol–water partition coefficient (Wildman–Crippen LogP) is 3.28. The van der Waals surface area contributed by atoms with E-state index in [1.807, 2.05) is 18.7 Å². The van der Waals surface area contributed by atoms with E-state index in [0.717, 1.165) is 11.9 Å². The van der Waals surface area contributed by atoms with Gasteiger partial charge in [-0.3, -0.25) is 9.69 Å². The maximum absolute atomic E-state index is 14.9. The Labute approximate surface area is 207 Å². The zero-order valence-corrected chi connectivity index (χ0v) is 20.5. The first-order valence-electron chi connectivity index (χ1n) is 12.4. The number of likely N-dealkylation sites (tertiary alicyclic amines) is 1. The van der Waals surface area contributed by atoms with Gasteiger partial charge in [0, 0.05) is 55.0 Å². The van der Waals surface area contributed by atoms with Crippen LogP contribution in [0.5, 0.6) is 0 Å². The van der Waals surface area contributed by atoms with Gasteiger partial charge in [0.15, 0.2) is 11.2 Å². The summed E-state index contributed by atoms with van der Waals surface area (Å²) >= 11 is 0. The Kier molecular flexibility index (Phi) is 7.00. The Hall–Kier alpha value is -2.95. The molecule has 0 amide bonds. The minimum Gasteiger partial charge on any atom is -0.389 e. The number of rotatable bonds is 6. The standard InChI is InChI=1S/C26H31F2N5O3/c1-15(2)33-18(13-32-7-5-17(27)12-32)10-23(34)19-4-3-16(9-22(19)33)25-20(28)11-29-26(31-25)30-21-6-8-36-14-24(21)35/h3-4,9-11,15,17,21,24,35H,5-8,12-14H2,1-2H3,(H,29,30,31)/t17-,21+,24+/m0/s1. The molecule has 0 unspecified atom stereocenters. The van der Waals surface area contributed by atoms with Crippen molar-refractivity contribution in [1.82, 2.24) is 19.4 Å². The Morgan fingerprint density at radius 2 is 2.11 bits per heavy atom. The van der Waals surface area contributed by atoms with Crippen LogP contribution in [-0.4, -0.2) is 69.2 Å². The number of ether oxygens (including phenoxy) is 1. The van der Waals surface area contributed by atoms with Gasteiger partial charge in [-0.25, -0.2) is 18.7 Å². The number of benzene rings is 1. The van der Waals surface area contributed by atoms with Crippen molar-refractivity contribution in [2.45, 2.75) is 57.6 Å². The molecule has 192 valence electrons. The molecule has 4 heterocycles. The molecule has 2 fully saturated rings. The van der Waals surface area contributed by atoms with Crippen molar-refractivity contribution in [2.75, 3.05) is 31.6 Å². The molecule has 2 aliphatic rings. The summed E-state index contributed by atoms with van der Waals surface area (Å²) in [6, 6.07) is 6.50. The van der Waals surface area contributed by atoms with E-state index in [0.29, 0.717) is 55.5 Å². The van der Waals surface area contributed by atoms with Crippen molar-refractivity contribution in [2.24, 2.45) is 0 Å². The lowest BCUT2D eigenvalue weighted by Gasteiger charge is -2.28. The van der Waals surface area contributed by atoms with Crippen LogP contribution in [-0.2, 0) is 11.3 Å². The fraction of sp³-hybridized carbons (Fsp3) is 0.500. The maximum atomic E-state index is 14.9. The first-order chi connectivity index (χ1) is 17.3. The number of aliphatic hydroxyl groups excluding tert-OH is 1. The average molecular weight is 500 g/mol. The third-order valence-electron chi connectivity index (χ3n) is 6.91. The van der Waals surface area contributed by atoms with E-state index < -0.39 is 18.1 Å². The molecule has 2 aromatic heterocycles. The Balaban J connectivity index is 1.54. The van der Waals surface area contributed by atoms with E-state index in [4.69, 9.17) is 4.74 Å². The summed E-state index contributed by atoms with van der Waals surface area (Å²) in [7, 11) is 0. The number of alkyl halides is 1. The second-order valence-electron chi connectivity index (χ2n) is 9.89. The van der Waals surface area contributed by atoms with E-state index in [1.165, 1.54) is 0 Å². The molecule has 2 saturated heterocycles. The number of aromatic nitrogens is 3. The molecule has 0 aliphatic carbocycles. The molecule has 3 aromatic rings. The zero-order valence-electron chi connectivity index (χ0n) is 20.5. The third-order valence-corrected chi connectivity index (χ3v) is 6.91. The van der Waals surface area contributed by atoms with E-state index in [-0.39, 0.29) is 35.8 Å². The third kappa shape index (κ3) is 4.98. The van der Waals surface area contributed by atoms with Crippen LogP contribution < -0.4 is 10.7 Å². The van der Waals surface area contributed by atoms with Gasteiger partial charge in [-0.1, -0.05) is 6.07 Å². The lowest BCUT2D eigenvalue weighted by atomic mass is 10.1. The number of hydrogen-bond acceptors (Lipinski definition) is 7. The van der Waals surface area contributed by atoms with E-state index in [1.54, 1.807) is 24.3 Å². The van der Waals surface area contributed by atoms with Crippen molar-refractivity contribution >= 4 is 16.9 Å². The van der Waals surface area contributed by atoms with Crippen LogP contribution in [0, 0.1) is 5.82 Å². The molecule has 8 nitrogen and oxygen atoms in total. The van der Waals surface area contributed by atoms with Crippen LogP contribution in [0.2, 0.25) is 0 Å². The predicted molar refractivity (Wildman–Crippen MR) is 133 cm³/mol. The quantitative estimate of drug-likeness (QED) is 0.538. The van der Waals surface area contributed by atoms with Crippen molar-refractivity contribution in [3.8, 4) is 11.3 Å². The lowest BCUT2D eigenvalue weighted by molar-refractivity contribution is -0.0136. The van der Waals surface area contributed by atoms with Crippen molar-refractivity contribution < 1.29 is 18.6 Å². The monoisotopic (exact) mass is 499 g/mol. The summed E-state index contributed by atoms with van der Waals surface area (Å²) in [4.78, 5) is 23.5. The van der Waals surface area contributed by atoms with Gasteiger partial charge < -0.3 is 19.7 Å². The fourth-order valence-corrected chi connectivity index (χ4v) is 5.13. The number of halogens is 2. The smallest absolute Gasteiger partial charge is 0.223 e. The molecule has 0 spiro atoms. The summed E-state index contributed by atoms with van der Waals surface area (Å²) in [5.74, 6) is -0.379. The first kappa shape index (κ1) is 24.7. The summed E-state index contributed by atoms with van der Waals surface area (Å²) in [6.07, 6.45) is 0.628. The summed E-state index contributed by atoms with van der Waals surface area (Å²) < 4.78 is 36.0. The van der Waals surface area contributed by atoms with Gasteiger partial charge >= 0.3 is 0 Å². The maximum Gasteiger partial charge on any atom is 0.223 e. The fourth-order valence-electron chi connectivity index (χ4n) is 5.13. The highest BCUT2D eigenvalue weighted by Crippen LogP contribution is 2.28. The van der Waals surface area contributed by atoms with Crippen molar-refractivity contribution in [1.29, 1.82) is 0 Å². The number of nitrogens with one attached hydrogen (secondary N) is 1. The Bertz CT molecular complexity index is 1310. The van der Waals surface area contributed by atoms with Crippen LogP contribution in [0.25, 0.3) is 22.2 Å². The van der Waals surface area contributed by atoms with Crippen LogP contribution in [0.4, 0.5) is 14.7 Å². The molecule has 0 radical (unpaired) electrons. The van der Waals surface area contributed by atoms with Crippen molar-refractivity contribution in [3.63, 3.8) is 0 Å². The van der Waals surface area contributed by atoms with Gasteiger partial charge in [-0.2, -0.15) is 0 Å². The number of pyridine rings is 1. The molecule has 36 heavy (non-hydrogen) atoms. The topological polar surface area (TPSA) is 92.5 Å². The largest absolute Gasteiger partial charge is 0.389 e. The molecule has 2 aliphatic heterocycles. The molecule has 0 saturated carbocycles. The summed E-state index contributed by atoms with van der Waals surface area (Å²) in [6.45, 7) is 6.24. The number of anilines is 1. The first-order valence-corrected chi connectivity index (χ1v) is 12.4. The average Bonchev–Trinajstić information content (AvgIpc) is 3.25. The highest BCUT2D eigenvalue weighted by molar-refractivity contribution is 5.84. The zero-order chi connectivity index (χ0) is 25.4. The lowest BCUT2D eigenvalue weighted by Crippen LogP contribution is -2.42. The molecule has 3 atom stereocenters. The second-order valence-corrected chi connectivity index (χ2v) is 9.89. The van der Waals surface area contributed by atoms with Gasteiger partial charge in [0.05, 0.1) is 30.5 Å². The minimum absolute atomic E-state index is 0.0182. The van der Waals surface area contributed by atoms with E-state index in [9.17, 15) is 18.7 Å². The van der Waals surface area contributed by atoms with Gasteiger partial charge in [-0.15, -0.1) is 0 Å². The summed E-state index contributed by atoms with van der Waals surface area (Å²) in [5.41, 5.74) is 1.96. The van der Waals surface area contributed by atoms with Gasteiger partial charge in [0.1, 0.15) is 11.9 Å². The van der Waals surface area contributed by atoms with Crippen molar-refractivity contribution in [3.05, 3.63) is 52.2 Å². The molecule has 0 bridgehead atoms. The highest BCUT2D eigenvalue weighted by atomic mass is 19.1. The molecule has 5 rings (SSSR count). The SMILES string of the molecule is CC(C)n1c(CN2CC[C@H](F)C2)cc(=O)c2ccc(-c3nc(N[C@@H]4CCOC[C@H]4O)ncc3F)cc21. The van der Waals surface area contributed by atoms with Gasteiger partial charge in [0.2, 0.25) is 5.95 Å². The van der Waals surface area contributed by atoms with Crippen LogP contribution in [0.3, 0.4) is 0 Å². The molecule has 10 heteroatoms. The number of aliphatic hydroxyl groups is 1. The van der Waals surface area contributed by atoms with E-state index >= 15 is 0 Å². The van der Waals surface area contributed by atoms with Gasteiger partial charge in [0.25, 0.3) is 0 Å². The number of nitrogens with zero attached hydrogens (tertiary/aromatic N) is 4. The summed E-state index contributed by atoms with van der Waals surface area (Å²) in [5, 5.41) is 13.8. The Morgan fingerprint density at radius 1 is 1.28 bits per heavy atom. The second kappa shape index (κ2) is 10.2. The minimum atomic E-state index is -0.845. The van der Waals surface area contributed by atoms with Crippen LogP contribution in [0.1, 0.15) is 38.4 Å². The number of hydrogen-bond donors (Lipinski definition) is 2. The van der Waals surface area contributed by atoms with Crippen LogP contribution >= 0.6 is 0 Å².